The molecule has 0 aromatic carbocycles. The number of nitriles is 1. The highest BCUT2D eigenvalue weighted by atomic mass is 79.9. The van der Waals surface area contributed by atoms with E-state index >= 15 is 0 Å². The van der Waals surface area contributed by atoms with Crippen molar-refractivity contribution >= 4 is 32.7 Å². The summed E-state index contributed by atoms with van der Waals surface area (Å²) in [4.78, 5) is 7.24. The lowest BCUT2D eigenvalue weighted by molar-refractivity contribution is 0.0965. The second kappa shape index (κ2) is 8.81. The van der Waals surface area contributed by atoms with E-state index in [1.165, 1.54) is 51.6 Å². The van der Waals surface area contributed by atoms with Crippen LogP contribution >= 0.6 is 15.9 Å². The molecule has 1 unspecified atom stereocenters. The number of aromatic nitrogens is 1. The molecule has 2 aromatic heterocycles. The van der Waals surface area contributed by atoms with Crippen molar-refractivity contribution < 1.29 is 4.42 Å². The molecule has 1 saturated heterocycles. The van der Waals surface area contributed by atoms with E-state index in [2.05, 4.69) is 43.5 Å². The van der Waals surface area contributed by atoms with Crippen LogP contribution in [-0.2, 0) is 0 Å². The fourth-order valence-electron chi connectivity index (χ4n) is 4.80. The number of piperidine rings is 1. The van der Waals surface area contributed by atoms with Gasteiger partial charge >= 0.3 is 0 Å². The monoisotopic (exact) mass is 445 g/mol. The van der Waals surface area contributed by atoms with Gasteiger partial charge in [0.2, 0.25) is 5.76 Å². The molecule has 3 heterocycles. The van der Waals surface area contributed by atoms with Crippen LogP contribution < -0.4 is 10.6 Å². The van der Waals surface area contributed by atoms with Gasteiger partial charge in [-0.3, -0.25) is 0 Å². The zero-order chi connectivity index (χ0) is 19.5. The number of furan rings is 1. The summed E-state index contributed by atoms with van der Waals surface area (Å²) in [5.41, 5.74) is 0.638. The van der Waals surface area contributed by atoms with Crippen molar-refractivity contribution in [1.82, 2.24) is 15.2 Å². The largest absolute Gasteiger partial charge is 0.444 e. The van der Waals surface area contributed by atoms with Crippen LogP contribution in [0, 0.1) is 17.2 Å². The summed E-state index contributed by atoms with van der Waals surface area (Å²) in [5, 5.41) is 16.9. The van der Waals surface area contributed by atoms with Crippen molar-refractivity contribution in [1.29, 1.82) is 5.26 Å². The Morgan fingerprint density at radius 1 is 1.32 bits per heavy atom. The smallest absolute Gasteiger partial charge is 0.204 e. The second-order valence-electron chi connectivity index (χ2n) is 8.13. The topological polar surface area (TPSA) is 77.1 Å². The molecule has 2 aliphatic rings. The number of halogens is 1. The van der Waals surface area contributed by atoms with Crippen LogP contribution in [0.2, 0.25) is 0 Å². The maximum absolute atomic E-state index is 9.04. The molecule has 28 heavy (non-hydrogen) atoms. The van der Waals surface area contributed by atoms with Crippen LogP contribution in [0.3, 0.4) is 0 Å². The average Bonchev–Trinajstić information content (AvgIpc) is 3.16. The van der Waals surface area contributed by atoms with Crippen molar-refractivity contribution in [3.63, 3.8) is 0 Å². The Labute approximate surface area is 174 Å². The molecule has 150 valence electrons. The molecular weight excluding hydrogens is 418 g/mol. The Morgan fingerprint density at radius 2 is 2.14 bits per heavy atom. The third-order valence-electron chi connectivity index (χ3n) is 6.22. The molecule has 4 rings (SSSR count). The average molecular weight is 446 g/mol. The third kappa shape index (κ3) is 4.19. The van der Waals surface area contributed by atoms with Crippen LogP contribution in [0.1, 0.15) is 44.3 Å². The summed E-state index contributed by atoms with van der Waals surface area (Å²) in [7, 11) is 2.06. The van der Waals surface area contributed by atoms with E-state index in [1.807, 2.05) is 6.07 Å². The molecule has 6 nitrogen and oxygen atoms in total. The summed E-state index contributed by atoms with van der Waals surface area (Å²) in [6.07, 6.45) is 9.21. The Morgan fingerprint density at radius 3 is 2.89 bits per heavy atom. The quantitative estimate of drug-likeness (QED) is 0.720. The van der Waals surface area contributed by atoms with E-state index in [4.69, 9.17) is 9.68 Å². The van der Waals surface area contributed by atoms with Gasteiger partial charge in [-0.2, -0.15) is 5.26 Å². The SMILES string of the molecule is CNCC1CCCN(C2CCC(Nc3ncc4oc(C#N)cc4c3Br)CC2)C1. The maximum Gasteiger partial charge on any atom is 0.204 e. The van der Waals surface area contributed by atoms with Crippen LogP contribution in [0.15, 0.2) is 21.2 Å². The first kappa shape index (κ1) is 19.7. The first-order chi connectivity index (χ1) is 13.7. The van der Waals surface area contributed by atoms with Gasteiger partial charge in [-0.25, -0.2) is 4.98 Å². The normalized spacial score (nSPS) is 26.2. The Kier molecular flexibility index (Phi) is 6.19. The van der Waals surface area contributed by atoms with Crippen molar-refractivity contribution in [3.05, 3.63) is 22.5 Å². The van der Waals surface area contributed by atoms with E-state index in [1.54, 1.807) is 12.3 Å². The number of anilines is 1. The second-order valence-corrected chi connectivity index (χ2v) is 8.92. The van der Waals surface area contributed by atoms with Crippen molar-refractivity contribution in [2.45, 2.75) is 50.6 Å². The number of hydrogen-bond acceptors (Lipinski definition) is 6. The molecule has 0 spiro atoms. The van der Waals surface area contributed by atoms with Gasteiger partial charge in [0, 0.05) is 30.1 Å². The van der Waals surface area contributed by atoms with Gasteiger partial charge in [0.25, 0.3) is 0 Å². The summed E-state index contributed by atoms with van der Waals surface area (Å²) in [5.74, 6) is 1.95. The Balaban J connectivity index is 1.35. The predicted molar refractivity (Wildman–Crippen MR) is 114 cm³/mol. The third-order valence-corrected chi connectivity index (χ3v) is 7.03. The van der Waals surface area contributed by atoms with Gasteiger partial charge in [0.1, 0.15) is 11.9 Å². The molecule has 1 aliphatic heterocycles. The molecule has 2 fully saturated rings. The van der Waals surface area contributed by atoms with Gasteiger partial charge < -0.3 is 20.0 Å². The fraction of sp³-hybridized carbons (Fsp3) is 0.619. The van der Waals surface area contributed by atoms with Crippen LogP contribution in [0.4, 0.5) is 5.82 Å². The van der Waals surface area contributed by atoms with Crippen LogP contribution in [0.5, 0.6) is 0 Å². The van der Waals surface area contributed by atoms with Crippen molar-refractivity contribution in [2.75, 3.05) is 32.0 Å². The van der Waals surface area contributed by atoms with Crippen molar-refractivity contribution in [3.8, 4) is 6.07 Å². The molecule has 2 aromatic rings. The zero-order valence-electron chi connectivity index (χ0n) is 16.4. The molecule has 0 radical (unpaired) electrons. The minimum Gasteiger partial charge on any atom is -0.444 e. The number of nitrogens with one attached hydrogen (secondary N) is 2. The lowest BCUT2D eigenvalue weighted by Crippen LogP contribution is -2.47. The van der Waals surface area contributed by atoms with E-state index in [-0.39, 0.29) is 0 Å². The van der Waals surface area contributed by atoms with Gasteiger partial charge in [-0.1, -0.05) is 0 Å². The molecule has 2 N–H and O–H groups in total. The first-order valence-corrected chi connectivity index (χ1v) is 11.1. The molecule has 0 bridgehead atoms. The fourth-order valence-corrected chi connectivity index (χ4v) is 5.33. The number of fused-ring (bicyclic) bond motifs is 1. The number of pyridine rings is 1. The maximum atomic E-state index is 9.04. The van der Waals surface area contributed by atoms with Gasteiger partial charge in [-0.15, -0.1) is 0 Å². The highest BCUT2D eigenvalue weighted by Crippen LogP contribution is 2.34. The minimum atomic E-state index is 0.313. The number of hydrogen-bond donors (Lipinski definition) is 2. The van der Waals surface area contributed by atoms with E-state index < -0.39 is 0 Å². The molecular formula is C21H28BrN5O. The minimum absolute atomic E-state index is 0.313. The standard InChI is InChI=1S/C21H28BrN5O/c1-24-11-14-3-2-8-27(13-14)16-6-4-15(5-7-16)26-21-20(22)18-9-17(10-23)28-19(18)12-25-21/h9,12,14-16,24H,2-8,11,13H2,1H3,(H,25,26). The first-order valence-electron chi connectivity index (χ1n) is 10.3. The van der Waals surface area contributed by atoms with E-state index in [0.717, 1.165) is 34.2 Å². The van der Waals surface area contributed by atoms with Crippen LogP contribution in [0.25, 0.3) is 11.0 Å². The number of rotatable bonds is 5. The highest BCUT2D eigenvalue weighted by Gasteiger charge is 2.29. The lowest BCUT2D eigenvalue weighted by Gasteiger charge is -2.41. The summed E-state index contributed by atoms with van der Waals surface area (Å²) >= 11 is 3.64. The van der Waals surface area contributed by atoms with E-state index in [9.17, 15) is 0 Å². The Hall–Kier alpha value is -1.62. The zero-order valence-corrected chi connectivity index (χ0v) is 18.0. The van der Waals surface area contributed by atoms with Gasteiger partial charge in [0.05, 0.1) is 10.7 Å². The summed E-state index contributed by atoms with van der Waals surface area (Å²) < 4.78 is 6.34. The summed E-state index contributed by atoms with van der Waals surface area (Å²) in [6.45, 7) is 3.64. The number of likely N-dealkylation sites (tertiary alicyclic amines) is 1. The van der Waals surface area contributed by atoms with Gasteiger partial charge in [-0.05, 0) is 80.5 Å². The number of nitrogens with zero attached hydrogens (tertiary/aromatic N) is 3. The Bertz CT molecular complexity index is 850. The predicted octanol–water partition coefficient (Wildman–Crippen LogP) is 4.12. The molecule has 0 amide bonds. The molecule has 1 saturated carbocycles. The molecule has 7 heteroatoms. The summed E-state index contributed by atoms with van der Waals surface area (Å²) in [6, 6.07) is 4.98. The van der Waals surface area contributed by atoms with E-state index in [0.29, 0.717) is 17.4 Å². The van der Waals surface area contributed by atoms with Crippen molar-refractivity contribution in [2.24, 2.45) is 5.92 Å². The van der Waals surface area contributed by atoms with Gasteiger partial charge in [0.15, 0.2) is 5.58 Å². The highest BCUT2D eigenvalue weighted by molar-refractivity contribution is 9.10. The molecule has 1 atom stereocenters. The lowest BCUT2D eigenvalue weighted by atomic mass is 9.87. The van der Waals surface area contributed by atoms with Crippen LogP contribution in [-0.4, -0.2) is 48.6 Å². The molecule has 1 aliphatic carbocycles.